The molecular formula is C23H25F3N6O. The number of fused-ring (bicyclic) bond motifs is 3. The Morgan fingerprint density at radius 3 is 2.76 bits per heavy atom. The highest BCUT2D eigenvalue weighted by Crippen LogP contribution is 2.33. The lowest BCUT2D eigenvalue weighted by Gasteiger charge is -2.23. The topological polar surface area (TPSA) is 120 Å². The minimum absolute atomic E-state index is 0.0658. The maximum absolute atomic E-state index is 14.1. The Hall–Kier alpha value is -3.82. The zero-order chi connectivity index (χ0) is 24.1. The summed E-state index contributed by atoms with van der Waals surface area (Å²) in [5, 5.41) is 22.3. The molecule has 0 saturated heterocycles. The molecule has 2 bridgehead atoms. The molecule has 2 aromatic rings. The molecule has 0 saturated carbocycles. The number of rotatable bonds is 5. The van der Waals surface area contributed by atoms with E-state index in [1.165, 1.54) is 24.4 Å². The molecule has 1 aliphatic heterocycles. The summed E-state index contributed by atoms with van der Waals surface area (Å²) in [4.78, 5) is 4.13. The van der Waals surface area contributed by atoms with Gasteiger partial charge in [0.05, 0.1) is 12.3 Å². The van der Waals surface area contributed by atoms with Gasteiger partial charge in [-0.2, -0.15) is 0 Å². The molecule has 174 valence electrons. The highest BCUT2D eigenvalue weighted by Gasteiger charge is 2.23. The summed E-state index contributed by atoms with van der Waals surface area (Å²) in [6.07, 6.45) is 0.774. The van der Waals surface area contributed by atoms with E-state index in [2.05, 4.69) is 15.6 Å². The molecule has 0 spiro atoms. The number of halogens is 3. The normalized spacial score (nSPS) is 19.9. The van der Waals surface area contributed by atoms with Crippen molar-refractivity contribution >= 4 is 23.4 Å². The first-order valence-corrected chi connectivity index (χ1v) is 10.2. The molecule has 6 N–H and O–H groups in total. The fraction of sp³-hybridized carbons (Fsp3) is 0.261. The van der Waals surface area contributed by atoms with E-state index in [1.54, 1.807) is 26.2 Å². The molecule has 0 amide bonds. The molecule has 1 aromatic heterocycles. The van der Waals surface area contributed by atoms with Crippen LogP contribution in [0.15, 0.2) is 47.8 Å². The Labute approximate surface area is 189 Å². The van der Waals surface area contributed by atoms with Gasteiger partial charge in [-0.3, -0.25) is 5.41 Å². The van der Waals surface area contributed by atoms with Crippen LogP contribution in [0.4, 0.5) is 19.0 Å². The first kappa shape index (κ1) is 23.8. The van der Waals surface area contributed by atoms with Crippen LogP contribution in [0.5, 0.6) is 5.75 Å². The molecule has 0 aliphatic carbocycles. The third-order valence-electron chi connectivity index (χ3n) is 5.14. The van der Waals surface area contributed by atoms with Crippen molar-refractivity contribution in [3.63, 3.8) is 0 Å². The summed E-state index contributed by atoms with van der Waals surface area (Å²) in [5.74, 6) is -0.244. The Balaban J connectivity index is 2.29. The Kier molecular flexibility index (Phi) is 7.37. The van der Waals surface area contributed by atoms with E-state index in [1.807, 2.05) is 0 Å². The number of hydrogen-bond donors (Lipinski definition) is 5. The predicted molar refractivity (Wildman–Crippen MR) is 122 cm³/mol. The second-order valence-corrected chi connectivity index (χ2v) is 7.43. The molecule has 33 heavy (non-hydrogen) atoms. The average molecular weight is 458 g/mol. The molecule has 0 fully saturated rings. The first-order valence-electron chi connectivity index (χ1n) is 10.2. The van der Waals surface area contributed by atoms with Gasteiger partial charge < -0.3 is 26.5 Å². The standard InChI is InChI=1S/C23H25F3N6O/c1-12-18-7-16(24)3-4-17(18)21(28)14(9-30-2)5-13(8-27)22(31-11-20(25)26)15-6-19(33-12)23(29)32-10-15/h3-4,6-10,12,20,27-28,30-31H,5,11H2,1-2H3,(H2,29,32)/b14-9-,22-13-,27-8?,28-21?/t12-/m1/s1. The van der Waals surface area contributed by atoms with E-state index in [9.17, 15) is 13.2 Å². The molecule has 0 radical (unpaired) electrons. The van der Waals surface area contributed by atoms with Gasteiger partial charge in [-0.25, -0.2) is 18.2 Å². The van der Waals surface area contributed by atoms with Gasteiger partial charge in [0.25, 0.3) is 6.43 Å². The lowest BCUT2D eigenvalue weighted by molar-refractivity contribution is 0.151. The number of pyridine rings is 1. The zero-order valence-electron chi connectivity index (χ0n) is 18.2. The number of nitrogens with two attached hydrogens (primary N) is 1. The van der Waals surface area contributed by atoms with Crippen molar-refractivity contribution in [3.05, 3.63) is 70.3 Å². The van der Waals surface area contributed by atoms with Crippen LogP contribution >= 0.6 is 0 Å². The molecule has 1 atom stereocenters. The maximum atomic E-state index is 14.1. The molecule has 3 rings (SSSR count). The summed E-state index contributed by atoms with van der Waals surface area (Å²) in [6.45, 7) is 1.05. The van der Waals surface area contributed by atoms with Crippen molar-refractivity contribution in [1.29, 1.82) is 10.8 Å². The predicted octanol–water partition coefficient (Wildman–Crippen LogP) is 4.03. The van der Waals surface area contributed by atoms with Gasteiger partial charge in [0.2, 0.25) is 0 Å². The smallest absolute Gasteiger partial charge is 0.255 e. The van der Waals surface area contributed by atoms with E-state index >= 15 is 0 Å². The number of ether oxygens (including phenoxy) is 1. The molecule has 1 aromatic carbocycles. The van der Waals surface area contributed by atoms with E-state index in [-0.39, 0.29) is 29.4 Å². The lowest BCUT2D eigenvalue weighted by Crippen LogP contribution is -2.23. The van der Waals surface area contributed by atoms with Crippen molar-refractivity contribution in [3.8, 4) is 5.75 Å². The van der Waals surface area contributed by atoms with E-state index in [0.29, 0.717) is 27.8 Å². The van der Waals surface area contributed by atoms with Crippen LogP contribution in [0.2, 0.25) is 0 Å². The van der Waals surface area contributed by atoms with Crippen molar-refractivity contribution in [2.75, 3.05) is 19.3 Å². The summed E-state index contributed by atoms with van der Waals surface area (Å²) < 4.78 is 46.1. The number of nitrogens with zero attached hydrogens (tertiary/aromatic N) is 1. The summed E-state index contributed by atoms with van der Waals surface area (Å²) in [5.41, 5.74) is 8.38. The molecule has 10 heteroatoms. The van der Waals surface area contributed by atoms with Gasteiger partial charge in [0, 0.05) is 54.5 Å². The highest BCUT2D eigenvalue weighted by atomic mass is 19.3. The minimum Gasteiger partial charge on any atom is -0.482 e. The SMILES string of the molecule is CN/C=C1/C/C(C=N)=C(/NCC(F)F)c2cnc(N)c(c2)O[C@H](C)c2cc(F)ccc2C1=N. The van der Waals surface area contributed by atoms with E-state index in [4.69, 9.17) is 21.3 Å². The van der Waals surface area contributed by atoms with Crippen LogP contribution in [0.3, 0.4) is 0 Å². The number of anilines is 1. The Morgan fingerprint density at radius 1 is 1.33 bits per heavy atom. The van der Waals surface area contributed by atoms with Crippen molar-refractivity contribution in [2.24, 2.45) is 0 Å². The van der Waals surface area contributed by atoms with Crippen molar-refractivity contribution in [1.82, 2.24) is 15.6 Å². The first-order chi connectivity index (χ1) is 15.7. The quantitative estimate of drug-likeness (QED) is 0.433. The van der Waals surface area contributed by atoms with Crippen LogP contribution in [0.1, 0.15) is 36.1 Å². The number of allylic oxidation sites excluding steroid dienone is 2. The second-order valence-electron chi connectivity index (χ2n) is 7.43. The van der Waals surface area contributed by atoms with Crippen LogP contribution in [0.25, 0.3) is 5.70 Å². The van der Waals surface area contributed by atoms with Crippen LogP contribution in [-0.4, -0.2) is 36.9 Å². The third kappa shape index (κ3) is 5.33. The fourth-order valence-electron chi connectivity index (χ4n) is 3.59. The fourth-order valence-corrected chi connectivity index (χ4v) is 3.59. The van der Waals surface area contributed by atoms with Gasteiger partial charge in [0.15, 0.2) is 11.6 Å². The monoisotopic (exact) mass is 458 g/mol. The Morgan fingerprint density at radius 2 is 2.09 bits per heavy atom. The number of benzene rings is 1. The maximum Gasteiger partial charge on any atom is 0.255 e. The minimum atomic E-state index is -2.63. The lowest BCUT2D eigenvalue weighted by atomic mass is 9.90. The van der Waals surface area contributed by atoms with Crippen molar-refractivity contribution in [2.45, 2.75) is 25.9 Å². The summed E-state index contributed by atoms with van der Waals surface area (Å²) >= 11 is 0. The molecule has 1 aliphatic rings. The number of alkyl halides is 2. The van der Waals surface area contributed by atoms with Crippen LogP contribution in [-0.2, 0) is 0 Å². The molecule has 2 heterocycles. The average Bonchev–Trinajstić information content (AvgIpc) is 2.78. The van der Waals surface area contributed by atoms with Gasteiger partial charge in [-0.05, 0) is 42.3 Å². The van der Waals surface area contributed by atoms with Gasteiger partial charge in [-0.15, -0.1) is 0 Å². The Bertz CT molecular complexity index is 1130. The van der Waals surface area contributed by atoms with Crippen molar-refractivity contribution < 1.29 is 17.9 Å². The van der Waals surface area contributed by atoms with Crippen LogP contribution < -0.4 is 21.1 Å². The van der Waals surface area contributed by atoms with Gasteiger partial charge in [0.1, 0.15) is 11.9 Å². The van der Waals surface area contributed by atoms with Crippen LogP contribution in [0, 0.1) is 16.6 Å². The summed E-state index contributed by atoms with van der Waals surface area (Å²) in [6, 6.07) is 5.59. The largest absolute Gasteiger partial charge is 0.482 e. The molecule has 0 unspecified atom stereocenters. The molecule has 7 nitrogen and oxygen atoms in total. The van der Waals surface area contributed by atoms with E-state index < -0.39 is 24.9 Å². The second kappa shape index (κ2) is 10.2. The third-order valence-corrected chi connectivity index (χ3v) is 5.14. The number of nitrogen functional groups attached to an aromatic ring is 1. The highest BCUT2D eigenvalue weighted by molar-refractivity contribution is 6.12. The van der Waals surface area contributed by atoms with E-state index in [0.717, 1.165) is 6.21 Å². The van der Waals surface area contributed by atoms with Gasteiger partial charge in [-0.1, -0.05) is 0 Å². The molecular weight excluding hydrogens is 433 g/mol. The van der Waals surface area contributed by atoms with Gasteiger partial charge >= 0.3 is 0 Å². The number of nitrogens with one attached hydrogen (secondary N) is 4. The summed E-state index contributed by atoms with van der Waals surface area (Å²) in [7, 11) is 1.66. The number of hydrogen-bond acceptors (Lipinski definition) is 7. The number of aromatic nitrogens is 1. The zero-order valence-corrected chi connectivity index (χ0v) is 18.2.